The highest BCUT2D eigenvalue weighted by Gasteiger charge is 2.19. The topological polar surface area (TPSA) is 29.5 Å². The lowest BCUT2D eigenvalue weighted by atomic mass is 10.1. The molecule has 0 saturated heterocycles. The normalized spacial score (nSPS) is 14.1. The smallest absolute Gasteiger partial charge is 0.159 e. The van der Waals surface area contributed by atoms with Gasteiger partial charge in [-0.05, 0) is 43.7 Å². The number of fused-ring (bicyclic) bond motifs is 1. The fraction of sp³-hybridized carbons (Fsp3) is 0.235. The Kier molecular flexibility index (Phi) is 3.84. The zero-order chi connectivity index (χ0) is 14.8. The van der Waals surface area contributed by atoms with Crippen molar-refractivity contribution >= 4 is 28.8 Å². The Bertz CT molecular complexity index is 684. The number of carbonyl (C=O) groups excluding carboxylic acids is 1. The van der Waals surface area contributed by atoms with E-state index in [0.717, 1.165) is 30.1 Å². The highest BCUT2D eigenvalue weighted by Crippen LogP contribution is 2.39. The second kappa shape index (κ2) is 5.78. The molecule has 2 aromatic rings. The summed E-state index contributed by atoms with van der Waals surface area (Å²) in [4.78, 5) is 13.6. The summed E-state index contributed by atoms with van der Waals surface area (Å²) in [5.74, 6) is 0.879. The number of carbonyl (C=O) groups is 1. The Balaban J connectivity index is 2.06. The van der Waals surface area contributed by atoms with Gasteiger partial charge in [0.05, 0.1) is 23.0 Å². The van der Waals surface area contributed by atoms with Crippen LogP contribution in [0.2, 0.25) is 5.02 Å². The Morgan fingerprint density at radius 3 is 2.76 bits per heavy atom. The van der Waals surface area contributed by atoms with Crippen molar-refractivity contribution in [1.82, 2.24) is 0 Å². The predicted octanol–water partition coefficient (Wildman–Crippen LogP) is 4.46. The first-order valence-corrected chi connectivity index (χ1v) is 7.34. The van der Waals surface area contributed by atoms with E-state index in [1.807, 2.05) is 36.4 Å². The van der Waals surface area contributed by atoms with Gasteiger partial charge < -0.3 is 9.64 Å². The van der Waals surface area contributed by atoms with Gasteiger partial charge in [-0.1, -0.05) is 23.7 Å². The van der Waals surface area contributed by atoms with E-state index in [1.165, 1.54) is 0 Å². The number of ketones is 1. The molecule has 0 saturated carbocycles. The van der Waals surface area contributed by atoms with Gasteiger partial charge in [-0.2, -0.15) is 0 Å². The zero-order valence-corrected chi connectivity index (χ0v) is 12.6. The molecular weight excluding hydrogens is 286 g/mol. The third-order valence-corrected chi connectivity index (χ3v) is 3.89. The number of para-hydroxylation sites is 2. The summed E-state index contributed by atoms with van der Waals surface area (Å²) >= 11 is 6.39. The van der Waals surface area contributed by atoms with E-state index in [4.69, 9.17) is 16.3 Å². The maximum Gasteiger partial charge on any atom is 0.159 e. The van der Waals surface area contributed by atoms with Crippen LogP contribution in [0.25, 0.3) is 0 Å². The number of nitrogens with zero attached hydrogens (tertiary/aromatic N) is 1. The SMILES string of the molecule is CC(=O)c1ccc(N2CCCOc3ccccc32)c(Cl)c1. The van der Waals surface area contributed by atoms with Gasteiger partial charge in [0, 0.05) is 12.1 Å². The van der Waals surface area contributed by atoms with Gasteiger partial charge in [0.2, 0.25) is 0 Å². The van der Waals surface area contributed by atoms with Crippen molar-refractivity contribution in [2.45, 2.75) is 13.3 Å². The molecule has 3 nitrogen and oxygen atoms in total. The lowest BCUT2D eigenvalue weighted by molar-refractivity contribution is 0.101. The van der Waals surface area contributed by atoms with Crippen LogP contribution < -0.4 is 9.64 Å². The van der Waals surface area contributed by atoms with E-state index in [2.05, 4.69) is 4.90 Å². The molecule has 0 N–H and O–H groups in total. The van der Waals surface area contributed by atoms with Crippen LogP contribution >= 0.6 is 11.6 Å². The Labute approximate surface area is 129 Å². The molecule has 21 heavy (non-hydrogen) atoms. The minimum atomic E-state index is 0.0167. The van der Waals surface area contributed by atoms with Crippen LogP contribution in [0.4, 0.5) is 11.4 Å². The van der Waals surface area contributed by atoms with Gasteiger partial charge in [0.25, 0.3) is 0 Å². The number of rotatable bonds is 2. The van der Waals surface area contributed by atoms with Gasteiger partial charge >= 0.3 is 0 Å². The first kappa shape index (κ1) is 14.0. The third kappa shape index (κ3) is 2.74. The molecule has 1 heterocycles. The van der Waals surface area contributed by atoms with Gasteiger partial charge in [-0.15, -0.1) is 0 Å². The first-order chi connectivity index (χ1) is 10.2. The molecule has 0 aromatic heterocycles. The summed E-state index contributed by atoms with van der Waals surface area (Å²) in [5, 5.41) is 0.583. The molecule has 4 heteroatoms. The van der Waals surface area contributed by atoms with Crippen molar-refractivity contribution in [2.75, 3.05) is 18.1 Å². The number of halogens is 1. The number of hydrogen-bond donors (Lipinski definition) is 0. The van der Waals surface area contributed by atoms with Crippen molar-refractivity contribution in [3.63, 3.8) is 0 Å². The van der Waals surface area contributed by atoms with Crippen LogP contribution in [0.1, 0.15) is 23.7 Å². The molecule has 0 bridgehead atoms. The molecule has 0 atom stereocenters. The third-order valence-electron chi connectivity index (χ3n) is 3.58. The van der Waals surface area contributed by atoms with Crippen molar-refractivity contribution in [3.05, 3.63) is 53.1 Å². The van der Waals surface area contributed by atoms with Crippen LogP contribution in [0, 0.1) is 0 Å². The van der Waals surface area contributed by atoms with Gasteiger partial charge in [-0.3, -0.25) is 4.79 Å². The van der Waals surface area contributed by atoms with E-state index in [0.29, 0.717) is 17.2 Å². The monoisotopic (exact) mass is 301 g/mol. The van der Waals surface area contributed by atoms with Crippen LogP contribution in [0.3, 0.4) is 0 Å². The molecular formula is C17H16ClNO2. The number of benzene rings is 2. The predicted molar refractivity (Wildman–Crippen MR) is 85.0 cm³/mol. The van der Waals surface area contributed by atoms with Crippen LogP contribution in [0.15, 0.2) is 42.5 Å². The maximum absolute atomic E-state index is 11.4. The zero-order valence-electron chi connectivity index (χ0n) is 11.8. The van der Waals surface area contributed by atoms with Gasteiger partial charge in [-0.25, -0.2) is 0 Å². The van der Waals surface area contributed by atoms with Crippen LogP contribution in [0.5, 0.6) is 5.75 Å². The minimum Gasteiger partial charge on any atom is -0.491 e. The maximum atomic E-state index is 11.4. The summed E-state index contributed by atoms with van der Waals surface area (Å²) in [5.41, 5.74) is 2.54. The molecule has 0 radical (unpaired) electrons. The second-order valence-electron chi connectivity index (χ2n) is 5.04. The standard InChI is InChI=1S/C17H16ClNO2/c1-12(20)13-7-8-15(14(18)11-13)19-9-4-10-21-17-6-3-2-5-16(17)19/h2-3,5-8,11H,4,9-10H2,1H3. The summed E-state index contributed by atoms with van der Waals surface area (Å²) in [7, 11) is 0. The Hall–Kier alpha value is -2.00. The minimum absolute atomic E-state index is 0.0167. The van der Waals surface area contributed by atoms with Crippen molar-refractivity contribution < 1.29 is 9.53 Å². The lowest BCUT2D eigenvalue weighted by Crippen LogP contribution is -2.18. The molecule has 1 aliphatic rings. The van der Waals surface area contributed by atoms with E-state index in [9.17, 15) is 4.79 Å². The average Bonchev–Trinajstić information content (AvgIpc) is 2.69. The molecule has 0 unspecified atom stereocenters. The van der Waals surface area contributed by atoms with Crippen LogP contribution in [-0.4, -0.2) is 18.9 Å². The Morgan fingerprint density at radius 1 is 1.19 bits per heavy atom. The molecule has 0 spiro atoms. The van der Waals surface area contributed by atoms with Crippen LogP contribution in [-0.2, 0) is 0 Å². The number of anilines is 2. The molecule has 0 fully saturated rings. The molecule has 2 aromatic carbocycles. The Morgan fingerprint density at radius 2 is 2.00 bits per heavy atom. The summed E-state index contributed by atoms with van der Waals surface area (Å²) < 4.78 is 5.76. The van der Waals surface area contributed by atoms with Crippen molar-refractivity contribution in [1.29, 1.82) is 0 Å². The largest absolute Gasteiger partial charge is 0.491 e. The summed E-state index contributed by atoms with van der Waals surface area (Å²) in [6.45, 7) is 3.06. The van der Waals surface area contributed by atoms with E-state index in [-0.39, 0.29) is 5.78 Å². The fourth-order valence-electron chi connectivity index (χ4n) is 2.52. The van der Waals surface area contributed by atoms with Gasteiger partial charge in [0.15, 0.2) is 5.78 Å². The molecule has 0 amide bonds. The average molecular weight is 302 g/mol. The molecule has 108 valence electrons. The number of Topliss-reactive ketones (excluding diaryl/α,β-unsaturated/α-hetero) is 1. The molecule has 3 rings (SSSR count). The highest BCUT2D eigenvalue weighted by molar-refractivity contribution is 6.33. The van der Waals surface area contributed by atoms with Crippen molar-refractivity contribution in [3.8, 4) is 5.75 Å². The van der Waals surface area contributed by atoms with E-state index in [1.54, 1.807) is 13.0 Å². The molecule has 0 aliphatic carbocycles. The van der Waals surface area contributed by atoms with Gasteiger partial charge in [0.1, 0.15) is 5.75 Å². The second-order valence-corrected chi connectivity index (χ2v) is 5.45. The lowest BCUT2D eigenvalue weighted by Gasteiger charge is -2.25. The number of ether oxygens (including phenoxy) is 1. The number of hydrogen-bond acceptors (Lipinski definition) is 3. The van der Waals surface area contributed by atoms with E-state index >= 15 is 0 Å². The first-order valence-electron chi connectivity index (χ1n) is 6.96. The molecule has 1 aliphatic heterocycles. The highest BCUT2D eigenvalue weighted by atomic mass is 35.5. The quantitative estimate of drug-likeness (QED) is 0.767. The van der Waals surface area contributed by atoms with E-state index < -0.39 is 0 Å². The fourth-order valence-corrected chi connectivity index (χ4v) is 2.81. The summed E-state index contributed by atoms with van der Waals surface area (Å²) in [6.07, 6.45) is 0.916. The van der Waals surface area contributed by atoms with Crippen molar-refractivity contribution in [2.24, 2.45) is 0 Å². The summed E-state index contributed by atoms with van der Waals surface area (Å²) in [6, 6.07) is 13.4.